The SMILES string of the molecule is CCCCN(CC)S(=O)(=O)c1ccc(C(=O)N(/N=C/c2cc(OC)c(OC)c(OC)c2)c2nc3ccc(Br)cc3s2)cc1. The van der Waals surface area contributed by atoms with Gasteiger partial charge in [-0.05, 0) is 61.0 Å². The molecule has 0 saturated carbocycles. The molecule has 0 unspecified atom stereocenters. The lowest BCUT2D eigenvalue weighted by Gasteiger charge is -2.20. The molecule has 0 fully saturated rings. The lowest BCUT2D eigenvalue weighted by Crippen LogP contribution is -2.32. The number of hydrogen-bond donors (Lipinski definition) is 0. The standard InChI is InChI=1S/C30H33BrN4O6S2/c1-6-8-15-34(7-2)43(37,38)23-12-9-21(10-13-23)29(36)35(30-33-24-14-11-22(31)18-27(24)42-30)32-19-20-16-25(39-3)28(41-5)26(17-20)40-4/h9-14,16-19H,6-8,15H2,1-5H3/b32-19+. The molecule has 4 rings (SSSR count). The number of methoxy groups -OCH3 is 3. The molecule has 228 valence electrons. The smallest absolute Gasteiger partial charge is 0.280 e. The minimum absolute atomic E-state index is 0.124. The molecule has 1 heterocycles. The van der Waals surface area contributed by atoms with Crippen molar-refractivity contribution < 1.29 is 27.4 Å². The number of nitrogens with zero attached hydrogens (tertiary/aromatic N) is 4. The van der Waals surface area contributed by atoms with Crippen molar-refractivity contribution in [1.82, 2.24) is 9.29 Å². The van der Waals surface area contributed by atoms with Crippen LogP contribution in [-0.2, 0) is 10.0 Å². The average Bonchev–Trinajstić information content (AvgIpc) is 3.43. The summed E-state index contributed by atoms with van der Waals surface area (Å²) in [4.78, 5) is 18.7. The highest BCUT2D eigenvalue weighted by molar-refractivity contribution is 9.10. The summed E-state index contributed by atoms with van der Waals surface area (Å²) < 4.78 is 45.9. The van der Waals surface area contributed by atoms with E-state index in [4.69, 9.17) is 14.2 Å². The van der Waals surface area contributed by atoms with Crippen molar-refractivity contribution in [3.63, 3.8) is 0 Å². The average molecular weight is 690 g/mol. The van der Waals surface area contributed by atoms with Crippen LogP contribution in [0.25, 0.3) is 10.2 Å². The third kappa shape index (κ3) is 7.18. The second-order valence-electron chi connectivity index (χ2n) is 9.30. The van der Waals surface area contributed by atoms with Crippen LogP contribution in [0.3, 0.4) is 0 Å². The zero-order chi connectivity index (χ0) is 31.1. The third-order valence-electron chi connectivity index (χ3n) is 6.57. The van der Waals surface area contributed by atoms with Crippen LogP contribution >= 0.6 is 27.3 Å². The Bertz CT molecular complexity index is 1700. The van der Waals surface area contributed by atoms with Gasteiger partial charge in [-0.2, -0.15) is 14.4 Å². The molecule has 0 radical (unpaired) electrons. The second kappa shape index (κ2) is 14.3. The van der Waals surface area contributed by atoms with Gasteiger partial charge in [0.25, 0.3) is 5.91 Å². The van der Waals surface area contributed by atoms with Crippen LogP contribution in [-0.4, -0.2) is 64.2 Å². The van der Waals surface area contributed by atoms with Gasteiger partial charge in [-0.1, -0.05) is 47.5 Å². The number of halogens is 1. The highest BCUT2D eigenvalue weighted by atomic mass is 79.9. The number of anilines is 1. The Balaban J connectivity index is 1.73. The molecular weight excluding hydrogens is 656 g/mol. The van der Waals surface area contributed by atoms with Crippen molar-refractivity contribution in [3.8, 4) is 17.2 Å². The number of aromatic nitrogens is 1. The lowest BCUT2D eigenvalue weighted by atomic mass is 10.2. The molecule has 0 spiro atoms. The number of rotatable bonds is 13. The maximum Gasteiger partial charge on any atom is 0.280 e. The molecule has 0 aliphatic carbocycles. The van der Waals surface area contributed by atoms with Crippen LogP contribution in [0, 0.1) is 0 Å². The van der Waals surface area contributed by atoms with Crippen molar-refractivity contribution in [2.75, 3.05) is 39.4 Å². The van der Waals surface area contributed by atoms with Gasteiger partial charge in [0.05, 0.1) is 42.7 Å². The number of unbranched alkanes of at least 4 members (excludes halogenated alkanes) is 1. The van der Waals surface area contributed by atoms with E-state index in [1.54, 1.807) is 12.1 Å². The highest BCUT2D eigenvalue weighted by Gasteiger charge is 2.25. The summed E-state index contributed by atoms with van der Waals surface area (Å²) >= 11 is 4.78. The van der Waals surface area contributed by atoms with E-state index < -0.39 is 15.9 Å². The van der Waals surface area contributed by atoms with E-state index in [9.17, 15) is 13.2 Å². The number of fused-ring (bicyclic) bond motifs is 1. The maximum absolute atomic E-state index is 13.9. The Morgan fingerprint density at radius 2 is 1.67 bits per heavy atom. The Kier molecular flexibility index (Phi) is 10.8. The van der Waals surface area contributed by atoms with E-state index in [0.717, 1.165) is 22.0 Å². The first kappa shape index (κ1) is 32.4. The van der Waals surface area contributed by atoms with Gasteiger partial charge in [0.15, 0.2) is 11.5 Å². The van der Waals surface area contributed by atoms with Gasteiger partial charge in [0, 0.05) is 28.7 Å². The van der Waals surface area contributed by atoms with E-state index in [1.807, 2.05) is 32.0 Å². The number of sulfonamides is 1. The van der Waals surface area contributed by atoms with Gasteiger partial charge in [-0.25, -0.2) is 13.4 Å². The van der Waals surface area contributed by atoms with Gasteiger partial charge >= 0.3 is 0 Å². The quantitative estimate of drug-likeness (QED) is 0.115. The zero-order valence-corrected chi connectivity index (χ0v) is 27.8. The van der Waals surface area contributed by atoms with Crippen molar-refractivity contribution in [3.05, 3.63) is 70.2 Å². The topological polar surface area (TPSA) is 111 Å². The molecule has 1 amide bonds. The van der Waals surface area contributed by atoms with Crippen molar-refractivity contribution in [1.29, 1.82) is 0 Å². The highest BCUT2D eigenvalue weighted by Crippen LogP contribution is 2.38. The number of hydrazone groups is 1. The predicted octanol–water partition coefficient (Wildman–Crippen LogP) is 6.58. The van der Waals surface area contributed by atoms with Crippen LogP contribution in [0.2, 0.25) is 0 Å². The maximum atomic E-state index is 13.9. The molecule has 0 bridgehead atoms. The summed E-state index contributed by atoms with van der Waals surface area (Å²) in [7, 11) is 0.850. The van der Waals surface area contributed by atoms with Crippen molar-refractivity contribution in [2.45, 2.75) is 31.6 Å². The summed E-state index contributed by atoms with van der Waals surface area (Å²) in [6, 6.07) is 14.9. The van der Waals surface area contributed by atoms with Crippen LogP contribution < -0.4 is 19.2 Å². The first-order valence-electron chi connectivity index (χ1n) is 13.5. The zero-order valence-electron chi connectivity index (χ0n) is 24.5. The fraction of sp³-hybridized carbons (Fsp3) is 0.300. The first-order valence-corrected chi connectivity index (χ1v) is 16.6. The largest absolute Gasteiger partial charge is 0.493 e. The second-order valence-corrected chi connectivity index (χ2v) is 13.2. The Morgan fingerprint density at radius 3 is 2.26 bits per heavy atom. The summed E-state index contributed by atoms with van der Waals surface area (Å²) in [5, 5.41) is 6.07. The normalized spacial score (nSPS) is 11.8. The molecule has 43 heavy (non-hydrogen) atoms. The number of ether oxygens (including phenoxy) is 3. The molecular formula is C30H33BrN4O6S2. The third-order valence-corrected chi connectivity index (χ3v) is 10.1. The molecule has 10 nitrogen and oxygen atoms in total. The monoisotopic (exact) mass is 688 g/mol. The van der Waals surface area contributed by atoms with Crippen LogP contribution in [0.5, 0.6) is 17.2 Å². The van der Waals surface area contributed by atoms with Crippen LogP contribution in [0.1, 0.15) is 42.6 Å². The fourth-order valence-corrected chi connectivity index (χ4v) is 7.25. The van der Waals surface area contributed by atoms with E-state index in [2.05, 4.69) is 26.0 Å². The Labute approximate surface area is 264 Å². The number of hydrogen-bond acceptors (Lipinski definition) is 9. The summed E-state index contributed by atoms with van der Waals surface area (Å²) in [5.74, 6) is 0.813. The molecule has 1 aromatic heterocycles. The lowest BCUT2D eigenvalue weighted by molar-refractivity contribution is 0.0987. The summed E-state index contributed by atoms with van der Waals surface area (Å²) in [6.07, 6.45) is 3.14. The molecule has 0 aliphatic heterocycles. The summed E-state index contributed by atoms with van der Waals surface area (Å²) in [5.41, 5.74) is 1.54. The molecule has 0 atom stereocenters. The summed E-state index contributed by atoms with van der Waals surface area (Å²) in [6.45, 7) is 4.62. The first-order chi connectivity index (χ1) is 20.7. The number of carbonyl (C=O) groups excluding carboxylic acids is 1. The minimum Gasteiger partial charge on any atom is -0.493 e. The molecule has 4 aromatic rings. The molecule has 0 aliphatic rings. The van der Waals surface area contributed by atoms with Crippen molar-refractivity contribution >= 4 is 64.8 Å². The Morgan fingerprint density at radius 1 is 1.00 bits per heavy atom. The fourth-order valence-electron chi connectivity index (χ4n) is 4.29. The predicted molar refractivity (Wildman–Crippen MR) is 174 cm³/mol. The van der Waals surface area contributed by atoms with Gasteiger partial charge in [-0.15, -0.1) is 0 Å². The molecule has 0 N–H and O–H groups in total. The van der Waals surface area contributed by atoms with Gasteiger partial charge < -0.3 is 14.2 Å². The van der Waals surface area contributed by atoms with E-state index in [0.29, 0.717) is 46.5 Å². The van der Waals surface area contributed by atoms with E-state index in [1.165, 1.54) is 72.5 Å². The molecule has 3 aromatic carbocycles. The Hall–Kier alpha value is -3.52. The number of thiazole rings is 1. The van der Waals surface area contributed by atoms with E-state index in [-0.39, 0.29) is 10.5 Å². The number of benzene rings is 3. The van der Waals surface area contributed by atoms with E-state index >= 15 is 0 Å². The minimum atomic E-state index is -3.69. The number of carbonyl (C=O) groups is 1. The van der Waals surface area contributed by atoms with Crippen LogP contribution in [0.15, 0.2) is 69.1 Å². The van der Waals surface area contributed by atoms with Gasteiger partial charge in [0.1, 0.15) is 0 Å². The molecule has 0 saturated heterocycles. The van der Waals surface area contributed by atoms with Gasteiger partial charge in [-0.3, -0.25) is 4.79 Å². The van der Waals surface area contributed by atoms with Gasteiger partial charge in [0.2, 0.25) is 20.9 Å². The van der Waals surface area contributed by atoms with Crippen molar-refractivity contribution in [2.24, 2.45) is 5.10 Å². The molecule has 13 heteroatoms. The van der Waals surface area contributed by atoms with Crippen LogP contribution in [0.4, 0.5) is 5.13 Å². The number of amides is 1.